The highest BCUT2D eigenvalue weighted by molar-refractivity contribution is 8.14. The van der Waals surface area contributed by atoms with E-state index in [0.29, 0.717) is 6.42 Å². The molecule has 2 aliphatic heterocycles. The average molecular weight is 219 g/mol. The molecule has 0 aromatic heterocycles. The molecule has 15 heavy (non-hydrogen) atoms. The van der Waals surface area contributed by atoms with Crippen LogP contribution < -0.4 is 4.90 Å². The van der Waals surface area contributed by atoms with Crippen LogP contribution in [0.25, 0.3) is 0 Å². The van der Waals surface area contributed by atoms with Gasteiger partial charge in [0, 0.05) is 12.1 Å². The largest absolute Gasteiger partial charge is 0.300 e. The highest BCUT2D eigenvalue weighted by Gasteiger charge is 2.41. The topological polar surface area (TPSA) is 37.4 Å². The third-order valence-corrected chi connectivity index (χ3v) is 3.80. The van der Waals surface area contributed by atoms with Gasteiger partial charge in [0.1, 0.15) is 6.04 Å². The Bertz CT molecular complexity index is 458. The van der Waals surface area contributed by atoms with Gasteiger partial charge in [0.25, 0.3) is 0 Å². The second kappa shape index (κ2) is 3.10. The molecule has 1 unspecified atom stereocenters. The van der Waals surface area contributed by atoms with Crippen molar-refractivity contribution in [3.8, 4) is 0 Å². The zero-order chi connectivity index (χ0) is 10.4. The smallest absolute Gasteiger partial charge is 0.238 e. The molecule has 1 aromatic rings. The number of carbonyl (C=O) groups excluding carboxylic acids is 2. The Hall–Kier alpha value is -1.29. The lowest BCUT2D eigenvalue weighted by atomic mass is 10.1. The maximum absolute atomic E-state index is 11.7. The standard InChI is InChI=1S/C11H9NO2S/c13-10-6-15-11(14)9-5-7-3-1-2-4-8(7)12(9)10/h1-4,9H,5-6H2. The first-order valence-electron chi connectivity index (χ1n) is 4.84. The molecule has 1 aromatic carbocycles. The van der Waals surface area contributed by atoms with Crippen molar-refractivity contribution in [1.82, 2.24) is 0 Å². The van der Waals surface area contributed by atoms with Crippen molar-refractivity contribution in [3.05, 3.63) is 29.8 Å². The van der Waals surface area contributed by atoms with Gasteiger partial charge in [-0.3, -0.25) is 14.5 Å². The van der Waals surface area contributed by atoms with Crippen LogP contribution in [-0.4, -0.2) is 22.8 Å². The Morgan fingerprint density at radius 2 is 2.07 bits per heavy atom. The van der Waals surface area contributed by atoms with Gasteiger partial charge in [-0.15, -0.1) is 0 Å². The van der Waals surface area contributed by atoms with E-state index in [-0.39, 0.29) is 22.8 Å². The number of benzene rings is 1. The molecular weight excluding hydrogens is 210 g/mol. The number of amides is 1. The van der Waals surface area contributed by atoms with Crippen molar-refractivity contribution in [2.24, 2.45) is 0 Å². The van der Waals surface area contributed by atoms with Crippen molar-refractivity contribution in [1.29, 1.82) is 0 Å². The summed E-state index contributed by atoms with van der Waals surface area (Å²) in [5, 5.41) is 0.116. The van der Waals surface area contributed by atoms with Gasteiger partial charge < -0.3 is 0 Å². The highest BCUT2D eigenvalue weighted by Crippen LogP contribution is 2.36. The minimum Gasteiger partial charge on any atom is -0.300 e. The number of hydrogen-bond donors (Lipinski definition) is 0. The number of rotatable bonds is 0. The Balaban J connectivity index is 2.11. The number of para-hydroxylation sites is 1. The van der Waals surface area contributed by atoms with Crippen LogP contribution in [0.15, 0.2) is 24.3 Å². The van der Waals surface area contributed by atoms with Crippen LogP contribution in [0, 0.1) is 0 Å². The third-order valence-electron chi connectivity index (χ3n) is 2.85. The fourth-order valence-electron chi connectivity index (χ4n) is 2.18. The lowest BCUT2D eigenvalue weighted by Gasteiger charge is -2.28. The summed E-state index contributed by atoms with van der Waals surface area (Å²) in [6.07, 6.45) is 0.674. The second-order valence-corrected chi connectivity index (χ2v) is 4.70. The molecule has 3 nitrogen and oxygen atoms in total. The fourth-order valence-corrected chi connectivity index (χ4v) is 2.97. The molecule has 1 fully saturated rings. The lowest BCUT2D eigenvalue weighted by Crippen LogP contribution is -2.47. The molecule has 2 heterocycles. The van der Waals surface area contributed by atoms with Gasteiger partial charge in [-0.1, -0.05) is 30.0 Å². The summed E-state index contributed by atoms with van der Waals surface area (Å²) in [6, 6.07) is 7.49. The Morgan fingerprint density at radius 3 is 2.93 bits per heavy atom. The molecule has 76 valence electrons. The van der Waals surface area contributed by atoms with Crippen LogP contribution in [-0.2, 0) is 16.0 Å². The summed E-state index contributed by atoms with van der Waals surface area (Å²) in [4.78, 5) is 25.1. The summed E-state index contributed by atoms with van der Waals surface area (Å²) >= 11 is 1.14. The summed E-state index contributed by atoms with van der Waals surface area (Å²) in [7, 11) is 0. The van der Waals surface area contributed by atoms with E-state index < -0.39 is 0 Å². The number of carbonyl (C=O) groups is 2. The summed E-state index contributed by atoms with van der Waals surface area (Å²) in [6.45, 7) is 0. The molecule has 0 radical (unpaired) electrons. The first kappa shape index (κ1) is 8.97. The molecule has 1 amide bonds. The average Bonchev–Trinajstić information content (AvgIpc) is 2.64. The van der Waals surface area contributed by atoms with E-state index >= 15 is 0 Å². The Kier molecular flexibility index (Phi) is 1.85. The zero-order valence-corrected chi connectivity index (χ0v) is 8.79. The van der Waals surface area contributed by atoms with E-state index in [1.807, 2.05) is 24.3 Å². The normalized spacial score (nSPS) is 24.0. The first-order chi connectivity index (χ1) is 7.27. The summed E-state index contributed by atoms with van der Waals surface area (Å²) in [5.41, 5.74) is 2.02. The molecule has 3 rings (SSSR count). The van der Waals surface area contributed by atoms with Gasteiger partial charge in [0.15, 0.2) is 0 Å². The quantitative estimate of drug-likeness (QED) is 0.658. The molecule has 2 aliphatic rings. The highest BCUT2D eigenvalue weighted by atomic mass is 32.2. The second-order valence-electron chi connectivity index (χ2n) is 3.72. The summed E-state index contributed by atoms with van der Waals surface area (Å²) < 4.78 is 0. The maximum atomic E-state index is 11.7. The molecule has 0 bridgehead atoms. The van der Waals surface area contributed by atoms with E-state index in [1.54, 1.807) is 4.90 Å². The minimum absolute atomic E-state index is 0.0505. The molecule has 1 atom stereocenters. The van der Waals surface area contributed by atoms with Gasteiger partial charge in [0.2, 0.25) is 11.0 Å². The van der Waals surface area contributed by atoms with Crippen molar-refractivity contribution in [2.45, 2.75) is 12.5 Å². The SMILES string of the molecule is O=C1SCC(=O)N2c3ccccc3CC12. The number of nitrogens with zero attached hydrogens (tertiary/aromatic N) is 1. The van der Waals surface area contributed by atoms with E-state index in [9.17, 15) is 9.59 Å². The van der Waals surface area contributed by atoms with Crippen LogP contribution >= 0.6 is 11.8 Å². The van der Waals surface area contributed by atoms with Crippen LogP contribution in [0.1, 0.15) is 5.56 Å². The monoisotopic (exact) mass is 219 g/mol. The molecule has 1 saturated heterocycles. The lowest BCUT2D eigenvalue weighted by molar-refractivity contribution is -0.120. The predicted molar refractivity (Wildman–Crippen MR) is 58.9 cm³/mol. The van der Waals surface area contributed by atoms with Gasteiger partial charge >= 0.3 is 0 Å². The molecule has 4 heteroatoms. The van der Waals surface area contributed by atoms with Crippen LogP contribution in [0.5, 0.6) is 0 Å². The van der Waals surface area contributed by atoms with E-state index in [2.05, 4.69) is 0 Å². The van der Waals surface area contributed by atoms with Crippen LogP contribution in [0.3, 0.4) is 0 Å². The Labute approximate surface area is 91.5 Å². The molecule has 0 spiro atoms. The van der Waals surface area contributed by atoms with E-state index in [1.165, 1.54) is 0 Å². The van der Waals surface area contributed by atoms with Crippen molar-refractivity contribution < 1.29 is 9.59 Å². The first-order valence-corrected chi connectivity index (χ1v) is 5.82. The van der Waals surface area contributed by atoms with Gasteiger partial charge in [-0.05, 0) is 11.6 Å². The van der Waals surface area contributed by atoms with E-state index in [4.69, 9.17) is 0 Å². The molecule has 0 aliphatic carbocycles. The number of fused-ring (bicyclic) bond motifs is 3. The molecule has 0 N–H and O–H groups in total. The number of hydrogen-bond acceptors (Lipinski definition) is 3. The third kappa shape index (κ3) is 1.21. The fraction of sp³-hybridized carbons (Fsp3) is 0.273. The van der Waals surface area contributed by atoms with Crippen LogP contribution in [0.2, 0.25) is 0 Å². The minimum atomic E-state index is -0.256. The summed E-state index contributed by atoms with van der Waals surface area (Å²) in [5.74, 6) is 0.332. The van der Waals surface area contributed by atoms with Gasteiger partial charge in [-0.25, -0.2) is 0 Å². The predicted octanol–water partition coefficient (Wildman–Crippen LogP) is 1.22. The van der Waals surface area contributed by atoms with Crippen molar-refractivity contribution >= 4 is 28.5 Å². The maximum Gasteiger partial charge on any atom is 0.238 e. The van der Waals surface area contributed by atoms with Gasteiger partial charge in [-0.2, -0.15) is 0 Å². The Morgan fingerprint density at radius 1 is 1.27 bits per heavy atom. The van der Waals surface area contributed by atoms with Crippen LogP contribution in [0.4, 0.5) is 5.69 Å². The van der Waals surface area contributed by atoms with Crippen molar-refractivity contribution in [2.75, 3.05) is 10.7 Å². The van der Waals surface area contributed by atoms with Crippen molar-refractivity contribution in [3.63, 3.8) is 0 Å². The van der Waals surface area contributed by atoms with E-state index in [0.717, 1.165) is 23.0 Å². The molecular formula is C11H9NO2S. The number of anilines is 1. The molecule has 0 saturated carbocycles. The van der Waals surface area contributed by atoms with Gasteiger partial charge in [0.05, 0.1) is 5.75 Å². The zero-order valence-electron chi connectivity index (χ0n) is 7.97. The number of thioether (sulfide) groups is 1.